The fourth-order valence-electron chi connectivity index (χ4n) is 8.34. The highest BCUT2D eigenvalue weighted by atomic mass is 16.3. The fourth-order valence-corrected chi connectivity index (χ4v) is 8.34. The SMILES string of the molecule is c1ccc(-c2nc(-c3cccc4c3oc3ccccc34)nc(-c3c(-n4c5ccccc5c5cc6ccccc6cc54)ccc4c3oc3ccccc34)n2)cc1. The second-order valence-electron chi connectivity index (χ2n) is 14.0. The van der Waals surface area contributed by atoms with E-state index in [1.54, 1.807) is 0 Å². The second-order valence-corrected chi connectivity index (χ2v) is 14.0. The van der Waals surface area contributed by atoms with Crippen LogP contribution in [0.25, 0.3) is 116 Å². The van der Waals surface area contributed by atoms with Crippen LogP contribution in [0, 0.1) is 0 Å². The summed E-state index contributed by atoms with van der Waals surface area (Å²) >= 11 is 0. The molecule has 12 rings (SSSR count). The molecule has 0 bridgehead atoms. The predicted octanol–water partition coefficient (Wildman–Crippen LogP) is 12.9. The number of hydrogen-bond donors (Lipinski definition) is 0. The monoisotopic (exact) mass is 704 g/mol. The highest BCUT2D eigenvalue weighted by molar-refractivity contribution is 6.16. The summed E-state index contributed by atoms with van der Waals surface area (Å²) in [5.41, 5.74) is 8.58. The van der Waals surface area contributed by atoms with Gasteiger partial charge in [-0.2, -0.15) is 0 Å². The molecule has 4 aromatic heterocycles. The first-order valence-electron chi connectivity index (χ1n) is 18.4. The van der Waals surface area contributed by atoms with Crippen LogP contribution in [0.5, 0.6) is 0 Å². The Morgan fingerprint density at radius 2 is 0.982 bits per heavy atom. The summed E-state index contributed by atoms with van der Waals surface area (Å²) in [7, 11) is 0. The molecular formula is C49H28N4O2. The lowest BCUT2D eigenvalue weighted by Gasteiger charge is -2.15. The first-order valence-corrected chi connectivity index (χ1v) is 18.4. The molecule has 0 unspecified atom stereocenters. The molecule has 0 radical (unpaired) electrons. The first kappa shape index (κ1) is 29.9. The number of para-hydroxylation sites is 4. The maximum Gasteiger partial charge on any atom is 0.170 e. The molecule has 12 aromatic rings. The fraction of sp³-hybridized carbons (Fsp3) is 0. The van der Waals surface area contributed by atoms with Gasteiger partial charge in [0, 0.05) is 37.9 Å². The number of aromatic nitrogens is 4. The molecule has 55 heavy (non-hydrogen) atoms. The molecule has 0 aliphatic rings. The number of furan rings is 2. The van der Waals surface area contributed by atoms with Gasteiger partial charge < -0.3 is 13.4 Å². The van der Waals surface area contributed by atoms with Crippen LogP contribution in [0.4, 0.5) is 0 Å². The van der Waals surface area contributed by atoms with Gasteiger partial charge in [-0.15, -0.1) is 0 Å². The van der Waals surface area contributed by atoms with Crippen molar-refractivity contribution < 1.29 is 8.83 Å². The second kappa shape index (κ2) is 11.5. The summed E-state index contributed by atoms with van der Waals surface area (Å²) in [5.74, 6) is 1.57. The summed E-state index contributed by atoms with van der Waals surface area (Å²) in [6, 6.07) is 58.6. The van der Waals surface area contributed by atoms with Crippen LogP contribution in [0.2, 0.25) is 0 Å². The maximum absolute atomic E-state index is 6.84. The molecule has 6 heteroatoms. The topological polar surface area (TPSA) is 69.9 Å². The van der Waals surface area contributed by atoms with E-state index >= 15 is 0 Å². The van der Waals surface area contributed by atoms with Gasteiger partial charge >= 0.3 is 0 Å². The van der Waals surface area contributed by atoms with Crippen LogP contribution in [0.3, 0.4) is 0 Å². The third kappa shape index (κ3) is 4.46. The molecular weight excluding hydrogens is 677 g/mol. The van der Waals surface area contributed by atoms with Crippen molar-refractivity contribution in [3.8, 4) is 39.9 Å². The molecule has 0 saturated heterocycles. The Balaban J connectivity index is 1.23. The van der Waals surface area contributed by atoms with Gasteiger partial charge in [0.2, 0.25) is 0 Å². The van der Waals surface area contributed by atoms with E-state index in [0.717, 1.165) is 82.5 Å². The summed E-state index contributed by atoms with van der Waals surface area (Å²) in [6.07, 6.45) is 0. The lowest BCUT2D eigenvalue weighted by Crippen LogP contribution is -2.04. The van der Waals surface area contributed by atoms with Gasteiger partial charge in [0.25, 0.3) is 0 Å². The number of rotatable bonds is 4. The minimum Gasteiger partial charge on any atom is -0.455 e. The molecule has 8 aromatic carbocycles. The highest BCUT2D eigenvalue weighted by Gasteiger charge is 2.25. The van der Waals surface area contributed by atoms with Gasteiger partial charge in [-0.25, -0.2) is 15.0 Å². The Morgan fingerprint density at radius 3 is 1.78 bits per heavy atom. The molecule has 0 amide bonds. The smallest absolute Gasteiger partial charge is 0.170 e. The number of nitrogens with zero attached hydrogens (tertiary/aromatic N) is 4. The minimum absolute atomic E-state index is 0.503. The van der Waals surface area contributed by atoms with Crippen LogP contribution in [-0.4, -0.2) is 19.5 Å². The Kier molecular flexibility index (Phi) is 6.24. The van der Waals surface area contributed by atoms with Crippen molar-refractivity contribution in [2.75, 3.05) is 0 Å². The molecule has 0 saturated carbocycles. The lowest BCUT2D eigenvalue weighted by molar-refractivity contribution is 0.669. The zero-order chi connectivity index (χ0) is 36.0. The third-order valence-electron chi connectivity index (χ3n) is 10.8. The number of fused-ring (bicyclic) bond motifs is 10. The van der Waals surface area contributed by atoms with Gasteiger partial charge in [0.1, 0.15) is 22.3 Å². The molecule has 0 spiro atoms. The van der Waals surface area contributed by atoms with E-state index in [4.69, 9.17) is 23.8 Å². The van der Waals surface area contributed by atoms with Crippen LogP contribution in [0.1, 0.15) is 0 Å². The normalized spacial score (nSPS) is 12.0. The van der Waals surface area contributed by atoms with E-state index in [0.29, 0.717) is 23.1 Å². The van der Waals surface area contributed by atoms with Gasteiger partial charge in [0.15, 0.2) is 17.5 Å². The van der Waals surface area contributed by atoms with Crippen molar-refractivity contribution in [3.63, 3.8) is 0 Å². The van der Waals surface area contributed by atoms with Crippen molar-refractivity contribution in [1.29, 1.82) is 0 Å². The summed E-state index contributed by atoms with van der Waals surface area (Å²) in [5, 5.41) is 8.77. The molecule has 0 N–H and O–H groups in total. The van der Waals surface area contributed by atoms with Gasteiger partial charge in [0.05, 0.1) is 27.8 Å². The van der Waals surface area contributed by atoms with E-state index in [9.17, 15) is 0 Å². The van der Waals surface area contributed by atoms with E-state index in [1.807, 2.05) is 78.9 Å². The number of benzene rings is 8. The molecule has 4 heterocycles. The van der Waals surface area contributed by atoms with E-state index < -0.39 is 0 Å². The van der Waals surface area contributed by atoms with Crippen LogP contribution in [-0.2, 0) is 0 Å². The van der Waals surface area contributed by atoms with Crippen LogP contribution < -0.4 is 0 Å². The van der Waals surface area contributed by atoms with Crippen molar-refractivity contribution in [1.82, 2.24) is 19.5 Å². The van der Waals surface area contributed by atoms with Gasteiger partial charge in [-0.3, -0.25) is 0 Å². The Hall–Kier alpha value is -7.57. The van der Waals surface area contributed by atoms with Crippen molar-refractivity contribution >= 4 is 76.5 Å². The minimum atomic E-state index is 0.503. The molecule has 0 aliphatic heterocycles. The molecule has 0 atom stereocenters. The summed E-state index contributed by atoms with van der Waals surface area (Å²) < 4.78 is 15.7. The Morgan fingerprint density at radius 1 is 0.382 bits per heavy atom. The predicted molar refractivity (Wildman–Crippen MR) is 223 cm³/mol. The average molecular weight is 705 g/mol. The maximum atomic E-state index is 6.84. The van der Waals surface area contributed by atoms with Crippen LogP contribution >= 0.6 is 0 Å². The number of hydrogen-bond acceptors (Lipinski definition) is 5. The van der Waals surface area contributed by atoms with Gasteiger partial charge in [-0.05, 0) is 59.3 Å². The van der Waals surface area contributed by atoms with E-state index in [-0.39, 0.29) is 0 Å². The zero-order valence-corrected chi connectivity index (χ0v) is 29.3. The summed E-state index contributed by atoms with van der Waals surface area (Å²) in [6.45, 7) is 0. The van der Waals surface area contributed by atoms with Crippen molar-refractivity contribution in [2.24, 2.45) is 0 Å². The molecule has 0 fully saturated rings. The molecule has 256 valence electrons. The average Bonchev–Trinajstić information content (AvgIpc) is 3.92. The molecule has 6 nitrogen and oxygen atoms in total. The summed E-state index contributed by atoms with van der Waals surface area (Å²) in [4.78, 5) is 15.8. The largest absolute Gasteiger partial charge is 0.455 e. The first-order chi connectivity index (χ1) is 27.3. The van der Waals surface area contributed by atoms with Crippen molar-refractivity contribution in [3.05, 3.63) is 170 Å². The standard InChI is InChI=1S/C49H28N4O2/c1-2-13-29(14-3-1)47-50-48(37-21-12-20-35-33-18-7-10-23-42(33)54-45(35)37)52-49(51-47)44-40(26-25-36-34-19-8-11-24-43(34)55-46(36)44)53-39-22-9-6-17-32(39)38-27-30-15-4-5-16-31(30)28-41(38)53/h1-28H. The van der Waals surface area contributed by atoms with Crippen LogP contribution in [0.15, 0.2) is 179 Å². The molecule has 0 aliphatic carbocycles. The Bertz CT molecular complexity index is 3500. The lowest BCUT2D eigenvalue weighted by atomic mass is 10.0. The van der Waals surface area contributed by atoms with E-state index in [1.165, 1.54) is 10.8 Å². The van der Waals surface area contributed by atoms with Crippen molar-refractivity contribution in [2.45, 2.75) is 0 Å². The highest BCUT2D eigenvalue weighted by Crippen LogP contribution is 2.44. The quantitative estimate of drug-likeness (QED) is 0.182. The Labute approximate surface area is 313 Å². The third-order valence-corrected chi connectivity index (χ3v) is 10.8. The van der Waals surface area contributed by atoms with Gasteiger partial charge in [-0.1, -0.05) is 121 Å². The zero-order valence-electron chi connectivity index (χ0n) is 29.3. The van der Waals surface area contributed by atoms with E-state index in [2.05, 4.69) is 95.6 Å².